The molecule has 0 aromatic heterocycles. The lowest BCUT2D eigenvalue weighted by Crippen LogP contribution is -2.33. The number of rotatable bonds is 14. The van der Waals surface area contributed by atoms with Crippen LogP contribution in [0, 0.1) is 0 Å². The number of nitrogens with zero attached hydrogens (tertiary/aromatic N) is 1. The van der Waals surface area contributed by atoms with Crippen LogP contribution in [0.25, 0.3) is 0 Å². The topological polar surface area (TPSA) is 57.1 Å². The first-order chi connectivity index (χ1) is 22.1. The summed E-state index contributed by atoms with van der Waals surface area (Å²) >= 11 is 0. The molecule has 45 heavy (non-hydrogen) atoms. The zero-order valence-corrected chi connectivity index (χ0v) is 25.5. The van der Waals surface area contributed by atoms with Gasteiger partial charge in [-0.25, -0.2) is 0 Å². The monoisotopic (exact) mass is 595 g/mol. The Morgan fingerprint density at radius 2 is 1.22 bits per heavy atom. The second-order valence-corrected chi connectivity index (χ2v) is 11.5. The molecule has 5 aromatic rings. The van der Waals surface area contributed by atoms with Crippen molar-refractivity contribution < 1.29 is 19.0 Å². The number of hydrogen-bond acceptors (Lipinski definition) is 5. The molecule has 0 saturated heterocycles. The third kappa shape index (κ3) is 7.32. The SMILES string of the molecule is CC1(Cc2ccc(OCCCC=O)cc2)C(c2ccc(OCc3ccccc3)cc2)=Nc2ccc(OCc3ccccc3)cc21. The Kier molecular flexibility index (Phi) is 9.35. The van der Waals surface area contributed by atoms with Crippen LogP contribution in [-0.2, 0) is 29.8 Å². The van der Waals surface area contributed by atoms with Crippen LogP contribution in [0.4, 0.5) is 5.69 Å². The molecule has 5 nitrogen and oxygen atoms in total. The molecule has 0 amide bonds. The van der Waals surface area contributed by atoms with Crippen molar-refractivity contribution in [2.45, 2.75) is 44.8 Å². The number of hydrogen-bond donors (Lipinski definition) is 0. The van der Waals surface area contributed by atoms with Crippen LogP contribution in [0.3, 0.4) is 0 Å². The third-order valence-corrected chi connectivity index (χ3v) is 8.16. The summed E-state index contributed by atoms with van der Waals surface area (Å²) in [6, 6.07) is 43.1. The quantitative estimate of drug-likeness (QED) is 0.0951. The van der Waals surface area contributed by atoms with E-state index in [0.29, 0.717) is 32.7 Å². The minimum atomic E-state index is -0.403. The average molecular weight is 596 g/mol. The summed E-state index contributed by atoms with van der Waals surface area (Å²) in [6.07, 6.45) is 2.90. The van der Waals surface area contributed by atoms with Gasteiger partial charge in [-0.2, -0.15) is 0 Å². The summed E-state index contributed by atoms with van der Waals surface area (Å²) < 4.78 is 18.1. The molecule has 5 aromatic carbocycles. The second-order valence-electron chi connectivity index (χ2n) is 11.5. The van der Waals surface area contributed by atoms with Crippen molar-refractivity contribution in [2.75, 3.05) is 6.61 Å². The summed E-state index contributed by atoms with van der Waals surface area (Å²) in [6.45, 7) is 3.81. The Bertz CT molecular complexity index is 1730. The Morgan fingerprint density at radius 1 is 0.644 bits per heavy atom. The van der Waals surface area contributed by atoms with Crippen LogP contribution in [0.15, 0.2) is 132 Å². The summed E-state index contributed by atoms with van der Waals surface area (Å²) in [5.74, 6) is 2.45. The van der Waals surface area contributed by atoms with Gasteiger partial charge in [0.2, 0.25) is 0 Å². The molecule has 0 bridgehead atoms. The van der Waals surface area contributed by atoms with Crippen LogP contribution >= 0.6 is 0 Å². The van der Waals surface area contributed by atoms with Crippen molar-refractivity contribution in [1.82, 2.24) is 0 Å². The molecule has 0 N–H and O–H groups in total. The van der Waals surface area contributed by atoms with Crippen molar-refractivity contribution in [3.05, 3.63) is 155 Å². The maximum atomic E-state index is 10.6. The van der Waals surface area contributed by atoms with Crippen LogP contribution < -0.4 is 14.2 Å². The van der Waals surface area contributed by atoms with Gasteiger partial charge in [-0.05, 0) is 102 Å². The highest BCUT2D eigenvalue weighted by Gasteiger charge is 2.40. The van der Waals surface area contributed by atoms with Crippen molar-refractivity contribution in [3.8, 4) is 17.2 Å². The lowest BCUT2D eigenvalue weighted by molar-refractivity contribution is -0.108. The number of fused-ring (bicyclic) bond motifs is 1. The van der Waals surface area contributed by atoms with Gasteiger partial charge in [0.25, 0.3) is 0 Å². The largest absolute Gasteiger partial charge is 0.494 e. The van der Waals surface area contributed by atoms with Crippen molar-refractivity contribution in [3.63, 3.8) is 0 Å². The molecule has 0 spiro atoms. The molecular formula is C40H37NO4. The minimum absolute atomic E-state index is 0.403. The van der Waals surface area contributed by atoms with E-state index in [1.165, 1.54) is 5.56 Å². The van der Waals surface area contributed by atoms with Crippen molar-refractivity contribution in [1.29, 1.82) is 0 Å². The Balaban J connectivity index is 1.25. The molecule has 1 aliphatic rings. The maximum absolute atomic E-state index is 10.6. The van der Waals surface area contributed by atoms with Gasteiger partial charge >= 0.3 is 0 Å². The van der Waals surface area contributed by atoms with E-state index in [-0.39, 0.29) is 0 Å². The molecular weight excluding hydrogens is 558 g/mol. The Hall–Kier alpha value is -5.16. The number of aliphatic imine (C=N–C) groups is 1. The van der Waals surface area contributed by atoms with E-state index in [9.17, 15) is 4.79 Å². The zero-order chi connectivity index (χ0) is 30.9. The molecule has 5 heteroatoms. The van der Waals surface area contributed by atoms with E-state index in [2.05, 4.69) is 67.6 Å². The number of unbranched alkanes of at least 4 members (excludes halogenated alkanes) is 1. The molecule has 1 aliphatic heterocycles. The Labute approximate surface area is 265 Å². The molecule has 0 fully saturated rings. The number of carbonyl (C=O) groups is 1. The summed E-state index contributed by atoms with van der Waals surface area (Å²) in [7, 11) is 0. The molecule has 1 atom stereocenters. The molecule has 226 valence electrons. The van der Waals surface area contributed by atoms with Crippen LogP contribution in [0.2, 0.25) is 0 Å². The van der Waals surface area contributed by atoms with E-state index in [0.717, 1.165) is 63.6 Å². The van der Waals surface area contributed by atoms with E-state index < -0.39 is 5.41 Å². The predicted molar refractivity (Wildman–Crippen MR) is 179 cm³/mol. The molecule has 0 aliphatic carbocycles. The first-order valence-corrected chi connectivity index (χ1v) is 15.4. The maximum Gasteiger partial charge on any atom is 0.120 e. The highest BCUT2D eigenvalue weighted by Crippen LogP contribution is 2.46. The van der Waals surface area contributed by atoms with Crippen molar-refractivity contribution >= 4 is 17.7 Å². The van der Waals surface area contributed by atoms with Gasteiger partial charge in [-0.15, -0.1) is 0 Å². The molecule has 6 rings (SSSR count). The number of benzene rings is 5. The second kappa shape index (κ2) is 14.1. The Morgan fingerprint density at radius 3 is 1.87 bits per heavy atom. The summed E-state index contributed by atoms with van der Waals surface area (Å²) in [5.41, 5.74) is 7.20. The summed E-state index contributed by atoms with van der Waals surface area (Å²) in [4.78, 5) is 15.8. The number of carbonyl (C=O) groups excluding carboxylic acids is 1. The minimum Gasteiger partial charge on any atom is -0.494 e. The first kappa shape index (κ1) is 29.9. The van der Waals surface area contributed by atoms with Gasteiger partial charge in [0, 0.05) is 11.8 Å². The van der Waals surface area contributed by atoms with E-state index >= 15 is 0 Å². The van der Waals surface area contributed by atoms with Gasteiger partial charge in [-0.1, -0.05) is 72.8 Å². The fraction of sp³-hybridized carbons (Fsp3) is 0.200. The van der Waals surface area contributed by atoms with Crippen LogP contribution in [0.5, 0.6) is 17.2 Å². The molecule has 1 heterocycles. The fourth-order valence-corrected chi connectivity index (χ4v) is 5.74. The number of ether oxygens (including phenoxy) is 3. The van der Waals surface area contributed by atoms with Crippen LogP contribution in [-0.4, -0.2) is 18.6 Å². The highest BCUT2D eigenvalue weighted by molar-refractivity contribution is 6.12. The lowest BCUT2D eigenvalue weighted by atomic mass is 9.73. The normalized spacial score (nSPS) is 15.2. The van der Waals surface area contributed by atoms with Gasteiger partial charge in [-0.3, -0.25) is 4.99 Å². The van der Waals surface area contributed by atoms with Gasteiger partial charge in [0.1, 0.15) is 36.7 Å². The number of aldehydes is 1. The van der Waals surface area contributed by atoms with E-state index in [4.69, 9.17) is 19.2 Å². The highest BCUT2D eigenvalue weighted by atomic mass is 16.5. The molecule has 0 radical (unpaired) electrons. The third-order valence-electron chi connectivity index (χ3n) is 8.16. The van der Waals surface area contributed by atoms with Gasteiger partial charge < -0.3 is 19.0 Å². The van der Waals surface area contributed by atoms with E-state index in [1.54, 1.807) is 0 Å². The van der Waals surface area contributed by atoms with Crippen molar-refractivity contribution in [2.24, 2.45) is 4.99 Å². The average Bonchev–Trinajstić information content (AvgIpc) is 3.37. The molecule has 1 unspecified atom stereocenters. The summed E-state index contributed by atoms with van der Waals surface area (Å²) in [5, 5.41) is 0. The zero-order valence-electron chi connectivity index (χ0n) is 25.5. The van der Waals surface area contributed by atoms with Gasteiger partial charge in [0.05, 0.1) is 18.0 Å². The lowest BCUT2D eigenvalue weighted by Gasteiger charge is -2.29. The fourth-order valence-electron chi connectivity index (χ4n) is 5.74. The van der Waals surface area contributed by atoms with E-state index in [1.807, 2.05) is 66.7 Å². The van der Waals surface area contributed by atoms with Gasteiger partial charge in [0.15, 0.2) is 0 Å². The predicted octanol–water partition coefficient (Wildman–Crippen LogP) is 8.84. The molecule has 0 saturated carbocycles. The standard InChI is InChI=1S/C40H37NO4/c1-40(27-30-14-18-34(19-15-30)43-25-9-8-24-42)37-26-36(45-29-32-12-6-3-7-13-32)22-23-38(37)41-39(40)33-16-20-35(21-17-33)44-28-31-10-4-2-5-11-31/h2-7,10-24,26H,8-9,25,27-29H2,1H3. The van der Waals surface area contributed by atoms with Crippen LogP contribution in [0.1, 0.15) is 47.6 Å². The first-order valence-electron chi connectivity index (χ1n) is 15.4. The smallest absolute Gasteiger partial charge is 0.120 e.